The Labute approximate surface area is 123 Å². The van der Waals surface area contributed by atoms with Gasteiger partial charge in [-0.1, -0.05) is 24.3 Å². The van der Waals surface area contributed by atoms with E-state index in [1.807, 2.05) is 6.92 Å². The van der Waals surface area contributed by atoms with Gasteiger partial charge in [-0.25, -0.2) is 0 Å². The van der Waals surface area contributed by atoms with Crippen molar-refractivity contribution in [3.05, 3.63) is 35.4 Å². The van der Waals surface area contributed by atoms with Crippen LogP contribution in [0.2, 0.25) is 0 Å². The third-order valence-electron chi connectivity index (χ3n) is 3.03. The van der Waals surface area contributed by atoms with Gasteiger partial charge in [0.2, 0.25) is 0 Å². The van der Waals surface area contributed by atoms with Gasteiger partial charge in [-0.05, 0) is 51.8 Å². The summed E-state index contributed by atoms with van der Waals surface area (Å²) in [5.74, 6) is 0. The summed E-state index contributed by atoms with van der Waals surface area (Å²) in [6.07, 6.45) is 1.19. The lowest BCUT2D eigenvalue weighted by Crippen LogP contribution is -2.37. The van der Waals surface area contributed by atoms with Crippen molar-refractivity contribution < 1.29 is 9.47 Å². The third-order valence-corrected chi connectivity index (χ3v) is 3.03. The number of hydrogen-bond acceptors (Lipinski definition) is 3. The summed E-state index contributed by atoms with van der Waals surface area (Å²) in [7, 11) is 1.69. The molecule has 3 nitrogen and oxygen atoms in total. The minimum atomic E-state index is 0.135. The monoisotopic (exact) mass is 279 g/mol. The minimum Gasteiger partial charge on any atom is -0.382 e. The van der Waals surface area contributed by atoms with E-state index in [9.17, 15) is 0 Å². The van der Waals surface area contributed by atoms with Crippen LogP contribution in [0.25, 0.3) is 0 Å². The standard InChI is InChI=1S/C17H29NO2/c1-14(12-19-5)20-13-16-8-6-15(7-9-16)10-11-18-17(2,3)4/h6-9,14,18H,10-13H2,1-5H3. The molecule has 0 aliphatic heterocycles. The van der Waals surface area contributed by atoms with E-state index in [1.54, 1.807) is 7.11 Å². The van der Waals surface area contributed by atoms with Gasteiger partial charge >= 0.3 is 0 Å². The molecule has 114 valence electrons. The Hall–Kier alpha value is -0.900. The Balaban J connectivity index is 2.33. The van der Waals surface area contributed by atoms with Crippen LogP contribution in [0, 0.1) is 0 Å². The number of benzene rings is 1. The quantitative estimate of drug-likeness (QED) is 0.793. The lowest BCUT2D eigenvalue weighted by Gasteiger charge is -2.20. The van der Waals surface area contributed by atoms with E-state index in [-0.39, 0.29) is 11.6 Å². The molecule has 1 rings (SSSR count). The molecule has 1 aromatic rings. The Kier molecular flexibility index (Phi) is 7.20. The van der Waals surface area contributed by atoms with Crippen molar-refractivity contribution in [3.8, 4) is 0 Å². The van der Waals surface area contributed by atoms with Crippen LogP contribution in [-0.4, -0.2) is 31.9 Å². The summed E-state index contributed by atoms with van der Waals surface area (Å²) < 4.78 is 10.7. The summed E-state index contributed by atoms with van der Waals surface area (Å²) in [5, 5.41) is 3.50. The van der Waals surface area contributed by atoms with Crippen molar-refractivity contribution in [2.75, 3.05) is 20.3 Å². The molecule has 0 radical (unpaired) electrons. The largest absolute Gasteiger partial charge is 0.382 e. The molecule has 0 saturated heterocycles. The molecule has 3 heteroatoms. The highest BCUT2D eigenvalue weighted by atomic mass is 16.5. The highest BCUT2D eigenvalue weighted by molar-refractivity contribution is 5.22. The van der Waals surface area contributed by atoms with Crippen LogP contribution in [0.15, 0.2) is 24.3 Å². The van der Waals surface area contributed by atoms with Crippen LogP contribution in [0.4, 0.5) is 0 Å². The van der Waals surface area contributed by atoms with Gasteiger partial charge in [0, 0.05) is 12.6 Å². The molecule has 0 spiro atoms. The smallest absolute Gasteiger partial charge is 0.0784 e. The fourth-order valence-corrected chi connectivity index (χ4v) is 1.91. The molecule has 0 saturated carbocycles. The van der Waals surface area contributed by atoms with E-state index in [4.69, 9.17) is 9.47 Å². The molecule has 0 amide bonds. The van der Waals surface area contributed by atoms with Gasteiger partial charge in [-0.2, -0.15) is 0 Å². The average molecular weight is 279 g/mol. The molecule has 0 aromatic heterocycles. The van der Waals surface area contributed by atoms with Crippen LogP contribution in [0.5, 0.6) is 0 Å². The van der Waals surface area contributed by atoms with E-state index in [0.29, 0.717) is 13.2 Å². The maximum atomic E-state index is 5.70. The summed E-state index contributed by atoms with van der Waals surface area (Å²) in [6, 6.07) is 8.66. The molecule has 1 unspecified atom stereocenters. The molecular formula is C17H29NO2. The maximum absolute atomic E-state index is 5.70. The topological polar surface area (TPSA) is 30.5 Å². The second-order valence-electron chi connectivity index (χ2n) is 6.32. The van der Waals surface area contributed by atoms with Crippen molar-refractivity contribution >= 4 is 0 Å². The van der Waals surface area contributed by atoms with Gasteiger partial charge in [0.25, 0.3) is 0 Å². The molecule has 0 aliphatic carbocycles. The second kappa shape index (κ2) is 8.40. The first-order valence-corrected chi connectivity index (χ1v) is 7.34. The Morgan fingerprint density at radius 3 is 2.25 bits per heavy atom. The van der Waals surface area contributed by atoms with E-state index >= 15 is 0 Å². The predicted octanol–water partition coefficient (Wildman–Crippen LogP) is 3.17. The number of ether oxygens (including phenoxy) is 2. The Bertz CT molecular complexity index is 368. The van der Waals surface area contributed by atoms with E-state index in [0.717, 1.165) is 13.0 Å². The Morgan fingerprint density at radius 1 is 1.10 bits per heavy atom. The van der Waals surface area contributed by atoms with Gasteiger partial charge in [-0.15, -0.1) is 0 Å². The summed E-state index contributed by atoms with van der Waals surface area (Å²) in [6.45, 7) is 10.9. The predicted molar refractivity (Wildman–Crippen MR) is 84.0 cm³/mol. The van der Waals surface area contributed by atoms with Gasteiger partial charge in [0.05, 0.1) is 19.3 Å². The number of rotatable bonds is 8. The van der Waals surface area contributed by atoms with Crippen LogP contribution < -0.4 is 5.32 Å². The number of hydrogen-bond donors (Lipinski definition) is 1. The molecule has 0 bridgehead atoms. The van der Waals surface area contributed by atoms with Gasteiger partial charge in [0.1, 0.15) is 0 Å². The van der Waals surface area contributed by atoms with Gasteiger partial charge < -0.3 is 14.8 Å². The first kappa shape index (κ1) is 17.2. The fraction of sp³-hybridized carbons (Fsp3) is 0.647. The van der Waals surface area contributed by atoms with E-state index in [1.165, 1.54) is 11.1 Å². The third kappa shape index (κ3) is 7.63. The van der Waals surface area contributed by atoms with Gasteiger partial charge in [-0.3, -0.25) is 0 Å². The summed E-state index contributed by atoms with van der Waals surface area (Å²) in [4.78, 5) is 0. The summed E-state index contributed by atoms with van der Waals surface area (Å²) in [5.41, 5.74) is 2.75. The molecular weight excluding hydrogens is 250 g/mol. The highest BCUT2D eigenvalue weighted by Gasteiger charge is 2.07. The first-order valence-electron chi connectivity index (χ1n) is 7.34. The normalized spacial score (nSPS) is 13.4. The molecule has 0 heterocycles. The van der Waals surface area contributed by atoms with Crippen LogP contribution in [0.1, 0.15) is 38.8 Å². The highest BCUT2D eigenvalue weighted by Crippen LogP contribution is 2.08. The summed E-state index contributed by atoms with van der Waals surface area (Å²) >= 11 is 0. The lowest BCUT2D eigenvalue weighted by atomic mass is 10.1. The maximum Gasteiger partial charge on any atom is 0.0784 e. The molecule has 1 aromatic carbocycles. The van der Waals surface area contributed by atoms with Crippen LogP contribution in [0.3, 0.4) is 0 Å². The van der Waals surface area contributed by atoms with Crippen molar-refractivity contribution in [2.45, 2.75) is 52.4 Å². The first-order chi connectivity index (χ1) is 9.40. The van der Waals surface area contributed by atoms with Crippen LogP contribution >= 0.6 is 0 Å². The molecule has 0 fully saturated rings. The molecule has 0 aliphatic rings. The van der Waals surface area contributed by atoms with Crippen molar-refractivity contribution in [2.24, 2.45) is 0 Å². The van der Waals surface area contributed by atoms with Gasteiger partial charge in [0.15, 0.2) is 0 Å². The van der Waals surface area contributed by atoms with Crippen LogP contribution in [-0.2, 0) is 22.5 Å². The zero-order valence-corrected chi connectivity index (χ0v) is 13.5. The average Bonchev–Trinajstić information content (AvgIpc) is 2.37. The van der Waals surface area contributed by atoms with Crippen molar-refractivity contribution in [1.82, 2.24) is 5.32 Å². The minimum absolute atomic E-state index is 0.135. The van der Waals surface area contributed by atoms with E-state index < -0.39 is 0 Å². The lowest BCUT2D eigenvalue weighted by molar-refractivity contribution is -0.000128. The SMILES string of the molecule is COCC(C)OCc1ccc(CCNC(C)(C)C)cc1. The molecule has 20 heavy (non-hydrogen) atoms. The zero-order chi connectivity index (χ0) is 15.0. The zero-order valence-electron chi connectivity index (χ0n) is 13.5. The number of nitrogens with one attached hydrogen (secondary N) is 1. The second-order valence-corrected chi connectivity index (χ2v) is 6.32. The van der Waals surface area contributed by atoms with Crippen molar-refractivity contribution in [1.29, 1.82) is 0 Å². The molecule has 1 atom stereocenters. The van der Waals surface area contributed by atoms with Crippen molar-refractivity contribution in [3.63, 3.8) is 0 Å². The van der Waals surface area contributed by atoms with E-state index in [2.05, 4.69) is 50.4 Å². The Morgan fingerprint density at radius 2 is 1.70 bits per heavy atom. The molecule has 1 N–H and O–H groups in total. The fourth-order valence-electron chi connectivity index (χ4n) is 1.91. The number of methoxy groups -OCH3 is 1.